The Bertz CT molecular complexity index is 350. The van der Waals surface area contributed by atoms with Crippen molar-refractivity contribution >= 4 is 0 Å². The molecular weight excluding hydrogens is 324 g/mol. The Labute approximate surface area is 153 Å². The molecular formula is C18H33N2O2Ti. The van der Waals surface area contributed by atoms with Crippen LogP contribution in [0.3, 0.4) is 0 Å². The van der Waals surface area contributed by atoms with Crippen molar-refractivity contribution in [2.24, 2.45) is 23.7 Å². The second-order valence-electron chi connectivity index (χ2n) is 7.79. The Hall–Kier alpha value is 0.394. The van der Waals surface area contributed by atoms with E-state index in [4.69, 9.17) is 13.4 Å². The molecule has 1 aliphatic heterocycles. The van der Waals surface area contributed by atoms with Crippen LogP contribution in [-0.2, 0) is 28.5 Å². The van der Waals surface area contributed by atoms with E-state index in [9.17, 15) is 0 Å². The standard InChI is InChI=1S/C18H33N2O.O.Ti/c1-12-7-9-14(10-8-12)11-21-16-6-4-5-15-13(2)20-18(19-3)17(15)16;;/h12-19H,4-11H2,1-3H3;;/q-1;;+1. The molecule has 0 aromatic rings. The van der Waals surface area contributed by atoms with Crippen LogP contribution in [0.15, 0.2) is 0 Å². The van der Waals surface area contributed by atoms with Crippen LogP contribution in [-0.4, -0.2) is 32.0 Å². The van der Waals surface area contributed by atoms with Crippen molar-refractivity contribution in [2.45, 2.75) is 77.1 Å². The normalized spacial score (nSPS) is 43.4. The number of hydrogen-bond donors (Lipinski definition) is 1. The first-order valence-electron chi connectivity index (χ1n) is 9.38. The van der Waals surface area contributed by atoms with E-state index < -0.39 is 0 Å². The fraction of sp³-hybridized carbons (Fsp3) is 1.00. The fourth-order valence-corrected chi connectivity index (χ4v) is 4.90. The maximum absolute atomic E-state index is 8.25. The summed E-state index contributed by atoms with van der Waals surface area (Å²) in [6.07, 6.45) is 10.2. The molecule has 3 fully saturated rings. The van der Waals surface area contributed by atoms with Gasteiger partial charge in [-0.15, -0.1) is 6.04 Å². The summed E-state index contributed by atoms with van der Waals surface area (Å²) in [5, 5.41) is 8.34. The molecule has 3 aliphatic rings. The monoisotopic (exact) mass is 357 g/mol. The Morgan fingerprint density at radius 1 is 1.09 bits per heavy atom. The molecule has 0 aromatic heterocycles. The van der Waals surface area contributed by atoms with Crippen LogP contribution in [0.2, 0.25) is 0 Å². The molecule has 1 heterocycles. The van der Waals surface area contributed by atoms with Crippen LogP contribution in [0.25, 0.3) is 5.32 Å². The molecule has 131 valence electrons. The minimum atomic E-state index is 0.321. The summed E-state index contributed by atoms with van der Waals surface area (Å²) in [6.45, 7) is 5.67. The van der Waals surface area contributed by atoms with Gasteiger partial charge in [0.05, 0.1) is 6.10 Å². The van der Waals surface area contributed by atoms with Crippen molar-refractivity contribution in [3.8, 4) is 0 Å². The average molecular weight is 357 g/mol. The summed E-state index contributed by atoms with van der Waals surface area (Å²) < 4.78 is 14.7. The van der Waals surface area contributed by atoms with Crippen molar-refractivity contribution in [1.29, 1.82) is 0 Å². The summed E-state index contributed by atoms with van der Waals surface area (Å²) in [7, 11) is 2.05. The molecule has 1 saturated heterocycles. The van der Waals surface area contributed by atoms with E-state index in [0.29, 0.717) is 24.2 Å². The summed E-state index contributed by atoms with van der Waals surface area (Å²) in [5.41, 5.74) is 0. The van der Waals surface area contributed by atoms with Crippen LogP contribution < -0.4 is 5.32 Å². The summed E-state index contributed by atoms with van der Waals surface area (Å²) in [6, 6.07) is 0.509. The first kappa shape index (κ1) is 19.7. The van der Waals surface area contributed by atoms with Gasteiger partial charge in [-0.1, -0.05) is 51.6 Å². The zero-order chi connectivity index (χ0) is 16.8. The van der Waals surface area contributed by atoms with Crippen LogP contribution in [0.4, 0.5) is 0 Å². The second kappa shape index (κ2) is 9.77. The molecule has 0 amide bonds. The topological polar surface area (TPSA) is 52.4 Å². The van der Waals surface area contributed by atoms with Gasteiger partial charge in [0.1, 0.15) is 0 Å². The van der Waals surface area contributed by atoms with Gasteiger partial charge >= 0.3 is 23.7 Å². The van der Waals surface area contributed by atoms with Crippen molar-refractivity contribution in [2.75, 3.05) is 13.7 Å². The molecule has 2 saturated carbocycles. The SMILES string of the molecule is CNC1[N-]C(C)C2CCCC(OCC3CCC(C)CC3)C12.[O]=[Ti+]. The zero-order valence-corrected chi connectivity index (χ0v) is 16.5. The number of nitrogens with zero attached hydrogens (tertiary/aromatic N) is 1. The number of hydrogen-bond acceptors (Lipinski definition) is 3. The molecule has 0 bridgehead atoms. The van der Waals surface area contributed by atoms with E-state index in [2.05, 4.69) is 26.2 Å². The summed E-state index contributed by atoms with van der Waals surface area (Å²) in [4.78, 5) is 0. The third-order valence-electron chi connectivity index (χ3n) is 6.31. The molecule has 1 N–H and O–H groups in total. The molecule has 23 heavy (non-hydrogen) atoms. The van der Waals surface area contributed by atoms with Gasteiger partial charge in [0, 0.05) is 6.61 Å². The van der Waals surface area contributed by atoms with E-state index in [1.807, 2.05) is 0 Å². The second-order valence-corrected chi connectivity index (χ2v) is 7.79. The fourth-order valence-electron chi connectivity index (χ4n) is 4.90. The number of ether oxygens (including phenoxy) is 1. The van der Waals surface area contributed by atoms with Gasteiger partial charge in [0.2, 0.25) is 0 Å². The van der Waals surface area contributed by atoms with Crippen LogP contribution in [0, 0.1) is 23.7 Å². The van der Waals surface area contributed by atoms with E-state index >= 15 is 0 Å². The van der Waals surface area contributed by atoms with Crippen LogP contribution >= 0.6 is 0 Å². The van der Waals surface area contributed by atoms with E-state index in [1.165, 1.54) is 44.9 Å². The zero-order valence-electron chi connectivity index (χ0n) is 15.0. The Morgan fingerprint density at radius 2 is 1.78 bits per heavy atom. The first-order valence-corrected chi connectivity index (χ1v) is 10.0. The van der Waals surface area contributed by atoms with Crippen molar-refractivity contribution in [3.63, 3.8) is 0 Å². The predicted molar refractivity (Wildman–Crippen MR) is 88.0 cm³/mol. The van der Waals surface area contributed by atoms with Crippen LogP contribution in [0.5, 0.6) is 0 Å². The molecule has 2 aliphatic carbocycles. The van der Waals surface area contributed by atoms with Crippen molar-refractivity contribution in [3.05, 3.63) is 5.32 Å². The molecule has 5 atom stereocenters. The van der Waals surface area contributed by atoms with Crippen molar-refractivity contribution < 1.29 is 28.5 Å². The van der Waals surface area contributed by atoms with Gasteiger partial charge in [0.15, 0.2) is 0 Å². The molecule has 3 rings (SSSR count). The number of rotatable bonds is 4. The van der Waals surface area contributed by atoms with Gasteiger partial charge in [-0.3, -0.25) is 0 Å². The third kappa shape index (κ3) is 4.95. The molecule has 5 heteroatoms. The average Bonchev–Trinajstić information content (AvgIpc) is 2.93. The quantitative estimate of drug-likeness (QED) is 0.779. The van der Waals surface area contributed by atoms with E-state index in [0.717, 1.165) is 44.8 Å². The maximum atomic E-state index is 8.25. The molecule has 0 spiro atoms. The molecule has 4 nitrogen and oxygen atoms in total. The minimum absolute atomic E-state index is 0.321. The van der Waals surface area contributed by atoms with Gasteiger partial charge in [0.25, 0.3) is 0 Å². The van der Waals surface area contributed by atoms with Gasteiger partial charge in [-0.2, -0.15) is 0 Å². The summed E-state index contributed by atoms with van der Waals surface area (Å²) in [5.74, 6) is 3.10. The third-order valence-corrected chi connectivity index (χ3v) is 6.31. The predicted octanol–water partition coefficient (Wildman–Crippen LogP) is 3.81. The van der Waals surface area contributed by atoms with Gasteiger partial charge in [-0.25, -0.2) is 0 Å². The number of nitrogens with one attached hydrogen (secondary N) is 1. The summed E-state index contributed by atoms with van der Waals surface area (Å²) >= 11 is 0.750. The Kier molecular flexibility index (Phi) is 8.37. The number of fused-ring (bicyclic) bond motifs is 1. The van der Waals surface area contributed by atoms with E-state index in [1.54, 1.807) is 0 Å². The van der Waals surface area contributed by atoms with Gasteiger partial charge in [-0.05, 0) is 44.1 Å². The van der Waals surface area contributed by atoms with Crippen molar-refractivity contribution in [1.82, 2.24) is 5.32 Å². The van der Waals surface area contributed by atoms with E-state index in [-0.39, 0.29) is 0 Å². The van der Waals surface area contributed by atoms with Crippen LogP contribution in [0.1, 0.15) is 58.8 Å². The Balaban J connectivity index is 0.000000924. The van der Waals surface area contributed by atoms with Gasteiger partial charge < -0.3 is 15.4 Å². The molecule has 0 radical (unpaired) electrons. The molecule has 0 aromatic carbocycles. The molecule has 5 unspecified atom stereocenters. The first-order chi connectivity index (χ1) is 11.2. The Morgan fingerprint density at radius 3 is 2.43 bits per heavy atom.